The van der Waals surface area contributed by atoms with Gasteiger partial charge in [-0.25, -0.2) is 14.8 Å². The van der Waals surface area contributed by atoms with Crippen molar-refractivity contribution in [2.75, 3.05) is 23.4 Å². The minimum absolute atomic E-state index is 0.139. The van der Waals surface area contributed by atoms with Crippen molar-refractivity contribution in [3.05, 3.63) is 31.9 Å². The number of carbonyl (C=O) groups excluding carboxylic acids is 3. The van der Waals surface area contributed by atoms with E-state index in [-0.39, 0.29) is 28.0 Å². The quantitative estimate of drug-likeness (QED) is 0.0621. The Balaban J connectivity index is 1.50. The largest absolute Gasteiger partial charge is 0.481 e. The van der Waals surface area contributed by atoms with Crippen LogP contribution < -0.4 is 10.6 Å². The lowest BCUT2D eigenvalue weighted by molar-refractivity contribution is -0.167. The van der Waals surface area contributed by atoms with Crippen LogP contribution in [-0.4, -0.2) is 96.2 Å². The standard InChI is InChI=1S/C24H18ClF3N6O8S4/c1-3-4-42-33-13(12-16(25)46-22(31-12)32-21(41)24(26,27)28)17(37)30-14-18(38)34-15(20(39)40)9(6-43-19(14)34)7-44-23-29-8(2)10(45-23)5-11(35)36/h1,14,19H,4-7H2,2H3,(H,30,37)(H,35,36)(H,39,40)(H,31,32,41)/b33-13-/t14?,19-/m1/s1. The second-order valence-electron chi connectivity index (χ2n) is 8.98. The summed E-state index contributed by atoms with van der Waals surface area (Å²) >= 11 is 10.0. The molecule has 0 radical (unpaired) electrons. The van der Waals surface area contributed by atoms with E-state index >= 15 is 0 Å². The van der Waals surface area contributed by atoms with Crippen molar-refractivity contribution in [1.29, 1.82) is 0 Å². The summed E-state index contributed by atoms with van der Waals surface area (Å²) in [5.74, 6) is -4.22. The Bertz CT molecular complexity index is 1720. The number of aryl methyl sites for hydroxylation is 1. The molecule has 2 atom stereocenters. The molecule has 0 bridgehead atoms. The number of oxime groups is 1. The maximum absolute atomic E-state index is 13.3. The van der Waals surface area contributed by atoms with Crippen LogP contribution in [0.3, 0.4) is 0 Å². The maximum Gasteiger partial charge on any atom is 0.471 e. The van der Waals surface area contributed by atoms with Crippen molar-refractivity contribution in [1.82, 2.24) is 20.2 Å². The number of thioether (sulfide) groups is 2. The summed E-state index contributed by atoms with van der Waals surface area (Å²) in [5, 5.41) is 25.0. The molecule has 46 heavy (non-hydrogen) atoms. The predicted molar refractivity (Wildman–Crippen MR) is 162 cm³/mol. The Morgan fingerprint density at radius 2 is 1.98 bits per heavy atom. The van der Waals surface area contributed by atoms with Gasteiger partial charge < -0.3 is 20.4 Å². The minimum atomic E-state index is -5.23. The number of carboxylic acids is 2. The number of hydrogen-bond acceptors (Lipinski definition) is 13. The molecule has 0 saturated carbocycles. The van der Waals surface area contributed by atoms with E-state index in [1.54, 1.807) is 6.92 Å². The highest BCUT2D eigenvalue weighted by Gasteiger charge is 2.54. The van der Waals surface area contributed by atoms with Gasteiger partial charge >= 0.3 is 24.0 Å². The summed E-state index contributed by atoms with van der Waals surface area (Å²) in [6, 6.07) is -1.25. The number of carboxylic acid groups (broad SMARTS) is 2. The summed E-state index contributed by atoms with van der Waals surface area (Å²) in [5.41, 5.74) is -0.483. The van der Waals surface area contributed by atoms with Crippen LogP contribution in [0.1, 0.15) is 16.3 Å². The van der Waals surface area contributed by atoms with Gasteiger partial charge in [0.15, 0.2) is 21.8 Å². The van der Waals surface area contributed by atoms with Crippen LogP contribution in [0.25, 0.3) is 0 Å². The minimum Gasteiger partial charge on any atom is -0.481 e. The Hall–Kier alpha value is -3.84. The van der Waals surface area contributed by atoms with Gasteiger partial charge in [0.1, 0.15) is 27.1 Å². The highest BCUT2D eigenvalue weighted by Crippen LogP contribution is 2.42. The van der Waals surface area contributed by atoms with Crippen molar-refractivity contribution in [2.45, 2.75) is 35.3 Å². The van der Waals surface area contributed by atoms with Crippen LogP contribution >= 0.6 is 57.8 Å². The second kappa shape index (κ2) is 14.3. The van der Waals surface area contributed by atoms with Gasteiger partial charge in [-0.2, -0.15) is 13.2 Å². The number of halogens is 4. The fraction of sp³-hybridized carbons (Fsp3) is 0.333. The number of anilines is 1. The van der Waals surface area contributed by atoms with E-state index in [0.29, 0.717) is 31.8 Å². The fourth-order valence-corrected chi connectivity index (χ4v) is 8.66. The molecule has 2 aromatic rings. The van der Waals surface area contributed by atoms with E-state index < -0.39 is 70.4 Å². The first-order chi connectivity index (χ1) is 21.6. The number of fused-ring (bicyclic) bond motifs is 1. The molecule has 244 valence electrons. The van der Waals surface area contributed by atoms with Gasteiger partial charge in [-0.1, -0.05) is 45.8 Å². The molecule has 1 saturated heterocycles. The van der Waals surface area contributed by atoms with Gasteiger partial charge in [-0.15, -0.1) is 29.5 Å². The first kappa shape index (κ1) is 35.0. The highest BCUT2D eigenvalue weighted by molar-refractivity contribution is 8.01. The number of amides is 3. The second-order valence-corrected chi connectivity index (χ2v) is 14.0. The number of rotatable bonds is 12. The average Bonchev–Trinajstić information content (AvgIpc) is 3.51. The van der Waals surface area contributed by atoms with E-state index in [1.807, 2.05) is 0 Å². The summed E-state index contributed by atoms with van der Waals surface area (Å²) in [7, 11) is 0. The highest BCUT2D eigenvalue weighted by atomic mass is 35.5. The zero-order chi connectivity index (χ0) is 33.9. The third-order valence-electron chi connectivity index (χ3n) is 5.90. The fourth-order valence-electron chi connectivity index (χ4n) is 3.91. The van der Waals surface area contributed by atoms with Crippen molar-refractivity contribution in [3.8, 4) is 12.3 Å². The van der Waals surface area contributed by atoms with Gasteiger partial charge in [-0.3, -0.25) is 29.4 Å². The van der Waals surface area contributed by atoms with Crippen molar-refractivity contribution >= 4 is 98.3 Å². The summed E-state index contributed by atoms with van der Waals surface area (Å²) in [6.45, 7) is 1.24. The van der Waals surface area contributed by atoms with Crippen LogP contribution in [0.15, 0.2) is 20.8 Å². The first-order valence-corrected chi connectivity index (χ1v) is 16.4. The number of thiazole rings is 2. The van der Waals surface area contributed by atoms with E-state index in [2.05, 4.69) is 26.4 Å². The Morgan fingerprint density at radius 3 is 2.61 bits per heavy atom. The molecule has 22 heteroatoms. The van der Waals surface area contributed by atoms with Gasteiger partial charge in [-0.05, 0) is 12.5 Å². The molecule has 2 aliphatic rings. The number of β-lactam (4-membered cyclic amide) rings is 1. The number of aliphatic carboxylic acids is 2. The molecule has 4 rings (SSSR count). The molecule has 1 fully saturated rings. The summed E-state index contributed by atoms with van der Waals surface area (Å²) < 4.78 is 38.2. The van der Waals surface area contributed by atoms with Gasteiger partial charge in [0.05, 0.1) is 12.1 Å². The summed E-state index contributed by atoms with van der Waals surface area (Å²) in [4.78, 5) is 75.5. The summed E-state index contributed by atoms with van der Waals surface area (Å²) in [6.07, 6.45) is -0.313. The molecule has 4 heterocycles. The molecule has 14 nitrogen and oxygen atoms in total. The molecule has 2 aromatic heterocycles. The number of nitrogens with zero attached hydrogens (tertiary/aromatic N) is 4. The van der Waals surface area contributed by atoms with E-state index in [4.69, 9.17) is 28.0 Å². The van der Waals surface area contributed by atoms with Crippen LogP contribution in [0.2, 0.25) is 4.34 Å². The zero-order valence-corrected chi connectivity index (χ0v) is 26.9. The lowest BCUT2D eigenvalue weighted by Gasteiger charge is -2.49. The molecule has 2 aliphatic heterocycles. The molecule has 0 aromatic carbocycles. The lowest BCUT2D eigenvalue weighted by Crippen LogP contribution is -2.71. The molecule has 0 spiro atoms. The SMILES string of the molecule is C#CCO/N=C(\C(=O)NC1C(=O)N2C(C(=O)O)=C(CSc3nc(C)c(CC(=O)O)s3)CS[C@H]12)c1nc(NC(=O)C(F)(F)F)sc1Cl. The van der Waals surface area contributed by atoms with Gasteiger partial charge in [0.25, 0.3) is 11.8 Å². The Kier molecular flexibility index (Phi) is 10.9. The monoisotopic (exact) mass is 738 g/mol. The molecule has 3 amide bonds. The van der Waals surface area contributed by atoms with E-state index in [0.717, 1.165) is 16.7 Å². The molecule has 1 unspecified atom stereocenters. The predicted octanol–water partition coefficient (Wildman–Crippen LogP) is 2.57. The maximum atomic E-state index is 13.3. The molecule has 0 aliphatic carbocycles. The van der Waals surface area contributed by atoms with Crippen molar-refractivity contribution < 1.29 is 52.2 Å². The number of terminal acetylenes is 1. The Morgan fingerprint density at radius 1 is 1.26 bits per heavy atom. The number of nitrogens with one attached hydrogen (secondary N) is 2. The molecular formula is C24H18ClF3N6O8S4. The number of carbonyl (C=O) groups is 5. The number of hydrogen-bond donors (Lipinski definition) is 4. The third kappa shape index (κ3) is 7.75. The van der Waals surface area contributed by atoms with Crippen LogP contribution in [0.5, 0.6) is 0 Å². The lowest BCUT2D eigenvalue weighted by atomic mass is 10.0. The van der Waals surface area contributed by atoms with E-state index in [9.17, 15) is 42.3 Å². The molecular weight excluding hydrogens is 721 g/mol. The normalized spacial score (nSPS) is 18.0. The third-order valence-corrected chi connectivity index (χ3v) is 10.8. The van der Waals surface area contributed by atoms with Gasteiger partial charge in [0, 0.05) is 16.4 Å². The van der Waals surface area contributed by atoms with Crippen LogP contribution in [0, 0.1) is 19.3 Å². The van der Waals surface area contributed by atoms with Gasteiger partial charge in [0.2, 0.25) is 0 Å². The zero-order valence-electron chi connectivity index (χ0n) is 22.8. The van der Waals surface area contributed by atoms with Crippen LogP contribution in [-0.2, 0) is 35.2 Å². The smallest absolute Gasteiger partial charge is 0.471 e. The average molecular weight is 739 g/mol. The van der Waals surface area contributed by atoms with Crippen molar-refractivity contribution in [2.24, 2.45) is 5.16 Å². The first-order valence-electron chi connectivity index (χ1n) is 12.3. The van der Waals surface area contributed by atoms with E-state index in [1.165, 1.54) is 28.4 Å². The topological polar surface area (TPSA) is 200 Å². The molecule has 4 N–H and O–H groups in total. The van der Waals surface area contributed by atoms with Crippen LogP contribution in [0.4, 0.5) is 18.3 Å². The number of alkyl halides is 3. The van der Waals surface area contributed by atoms with Crippen molar-refractivity contribution in [3.63, 3.8) is 0 Å². The Labute approximate surface area is 277 Å². The number of aromatic nitrogens is 2.